The Morgan fingerprint density at radius 3 is 2.67 bits per heavy atom. The molecule has 1 aromatic rings. The second kappa shape index (κ2) is 6.01. The van der Waals surface area contributed by atoms with Crippen molar-refractivity contribution in [1.82, 2.24) is 0 Å². The van der Waals surface area contributed by atoms with Crippen molar-refractivity contribution in [2.75, 3.05) is 10.5 Å². The number of hydrogen-bond donors (Lipinski definition) is 2. The van der Waals surface area contributed by atoms with Crippen molar-refractivity contribution in [2.24, 2.45) is 0 Å². The quantitative estimate of drug-likeness (QED) is 0.841. The minimum absolute atomic E-state index is 0.0132. The van der Waals surface area contributed by atoms with Crippen LogP contribution in [0.2, 0.25) is 5.02 Å². The average Bonchev–Trinajstić information content (AvgIpc) is 2.22. The topological polar surface area (TPSA) is 83.5 Å². The number of nitrogens with one attached hydrogen (secondary N) is 1. The average molecular weight is 296 g/mol. The first kappa shape index (κ1) is 14.7. The summed E-state index contributed by atoms with van der Waals surface area (Å²) in [7, 11) is -3.68. The highest BCUT2D eigenvalue weighted by atomic mass is 35.5. The molecule has 0 aromatic heterocycles. The van der Waals surface area contributed by atoms with Crippen LogP contribution in [0.25, 0.3) is 0 Å². The number of sulfonamides is 1. The van der Waals surface area contributed by atoms with E-state index in [0.29, 0.717) is 0 Å². The zero-order valence-corrected chi connectivity index (χ0v) is 10.8. The van der Waals surface area contributed by atoms with Gasteiger partial charge in [0.05, 0.1) is 16.5 Å². The highest BCUT2D eigenvalue weighted by Gasteiger charge is 2.12. The van der Waals surface area contributed by atoms with Gasteiger partial charge in [-0.15, -0.1) is 0 Å². The Hall–Kier alpha value is -1.34. The molecular weight excluding hydrogens is 285 g/mol. The van der Waals surface area contributed by atoms with E-state index < -0.39 is 21.8 Å². The second-order valence-electron chi connectivity index (χ2n) is 3.55. The Morgan fingerprint density at radius 1 is 1.44 bits per heavy atom. The predicted molar refractivity (Wildman–Crippen MR) is 65.7 cm³/mol. The molecule has 18 heavy (non-hydrogen) atoms. The Kier molecular flexibility index (Phi) is 4.92. The van der Waals surface area contributed by atoms with Crippen molar-refractivity contribution in [1.29, 1.82) is 0 Å². The van der Waals surface area contributed by atoms with Gasteiger partial charge in [-0.1, -0.05) is 11.6 Å². The molecule has 0 aliphatic carbocycles. The molecular formula is C10H11ClFNO4S. The number of benzene rings is 1. The summed E-state index contributed by atoms with van der Waals surface area (Å²) in [5, 5.41) is 8.28. The fourth-order valence-corrected chi connectivity index (χ4v) is 2.43. The van der Waals surface area contributed by atoms with Crippen LogP contribution in [-0.2, 0) is 14.8 Å². The van der Waals surface area contributed by atoms with Crippen molar-refractivity contribution in [3.63, 3.8) is 0 Å². The Labute approximate surface area is 109 Å². The molecule has 0 radical (unpaired) electrons. The van der Waals surface area contributed by atoms with Crippen LogP contribution in [0.4, 0.5) is 10.1 Å². The van der Waals surface area contributed by atoms with Crippen LogP contribution in [0.15, 0.2) is 18.2 Å². The summed E-state index contributed by atoms with van der Waals surface area (Å²) in [6.45, 7) is 0. The number of aliphatic carboxylic acids is 1. The maximum atomic E-state index is 13.1. The molecule has 0 saturated carbocycles. The molecule has 0 bridgehead atoms. The molecule has 0 atom stereocenters. The summed E-state index contributed by atoms with van der Waals surface area (Å²) in [5.74, 6) is -2.14. The Bertz CT molecular complexity index is 547. The lowest BCUT2D eigenvalue weighted by Crippen LogP contribution is -2.17. The molecule has 0 spiro atoms. The van der Waals surface area contributed by atoms with E-state index >= 15 is 0 Å². The van der Waals surface area contributed by atoms with Gasteiger partial charge >= 0.3 is 5.97 Å². The first-order chi connectivity index (χ1) is 8.30. The molecule has 5 nitrogen and oxygen atoms in total. The maximum absolute atomic E-state index is 13.1. The van der Waals surface area contributed by atoms with E-state index in [4.69, 9.17) is 16.7 Å². The fourth-order valence-electron chi connectivity index (χ4n) is 1.20. The summed E-state index contributed by atoms with van der Waals surface area (Å²) in [6, 6.07) is 3.50. The Morgan fingerprint density at radius 2 is 2.11 bits per heavy atom. The van der Waals surface area contributed by atoms with Crippen molar-refractivity contribution in [3.8, 4) is 0 Å². The molecule has 1 aromatic carbocycles. The number of carbonyl (C=O) groups is 1. The van der Waals surface area contributed by atoms with Gasteiger partial charge in [-0.25, -0.2) is 12.8 Å². The smallest absolute Gasteiger partial charge is 0.303 e. The van der Waals surface area contributed by atoms with Crippen molar-refractivity contribution >= 4 is 33.3 Å². The third-order valence-electron chi connectivity index (χ3n) is 2.00. The van der Waals surface area contributed by atoms with Gasteiger partial charge in [0.2, 0.25) is 10.0 Å². The van der Waals surface area contributed by atoms with Gasteiger partial charge in [0.1, 0.15) is 5.82 Å². The van der Waals surface area contributed by atoms with Crippen LogP contribution >= 0.6 is 11.6 Å². The summed E-state index contributed by atoms with van der Waals surface area (Å²) in [6.07, 6.45) is -0.253. The number of carboxylic acids is 1. The predicted octanol–water partition coefficient (Wildman–Crippen LogP) is 2.09. The summed E-state index contributed by atoms with van der Waals surface area (Å²) in [4.78, 5) is 10.2. The van der Waals surface area contributed by atoms with Gasteiger partial charge in [-0.2, -0.15) is 0 Å². The van der Waals surface area contributed by atoms with Crippen LogP contribution in [0, 0.1) is 5.82 Å². The minimum atomic E-state index is -3.68. The van der Waals surface area contributed by atoms with E-state index in [1.165, 1.54) is 12.1 Å². The van der Waals surface area contributed by atoms with E-state index in [1.54, 1.807) is 0 Å². The maximum Gasteiger partial charge on any atom is 0.303 e. The van der Waals surface area contributed by atoms with Crippen LogP contribution in [-0.4, -0.2) is 25.2 Å². The Balaban J connectivity index is 2.64. The molecule has 0 amide bonds. The number of carboxylic acid groups (broad SMARTS) is 1. The normalized spacial score (nSPS) is 11.2. The van der Waals surface area contributed by atoms with Crippen LogP contribution in [0.5, 0.6) is 0 Å². The van der Waals surface area contributed by atoms with E-state index in [-0.39, 0.29) is 29.3 Å². The molecule has 0 saturated heterocycles. The highest BCUT2D eigenvalue weighted by molar-refractivity contribution is 7.92. The number of hydrogen-bond acceptors (Lipinski definition) is 3. The molecule has 1 rings (SSSR count). The van der Waals surface area contributed by atoms with Gasteiger partial charge in [-0.05, 0) is 24.6 Å². The summed E-state index contributed by atoms with van der Waals surface area (Å²) < 4.78 is 38.2. The van der Waals surface area contributed by atoms with Crippen LogP contribution in [0.3, 0.4) is 0 Å². The molecule has 0 unspecified atom stereocenters. The van der Waals surface area contributed by atoms with E-state index in [9.17, 15) is 17.6 Å². The van der Waals surface area contributed by atoms with Crippen molar-refractivity contribution < 1.29 is 22.7 Å². The van der Waals surface area contributed by atoms with E-state index in [0.717, 1.165) is 6.07 Å². The lowest BCUT2D eigenvalue weighted by molar-refractivity contribution is -0.137. The number of halogens is 2. The zero-order valence-electron chi connectivity index (χ0n) is 9.19. The lowest BCUT2D eigenvalue weighted by atomic mass is 10.3. The van der Waals surface area contributed by atoms with E-state index in [2.05, 4.69) is 4.72 Å². The van der Waals surface area contributed by atoms with Gasteiger partial charge < -0.3 is 5.11 Å². The number of rotatable bonds is 6. The van der Waals surface area contributed by atoms with Gasteiger partial charge in [0, 0.05) is 6.42 Å². The summed E-state index contributed by atoms with van der Waals surface area (Å²) >= 11 is 5.45. The highest BCUT2D eigenvalue weighted by Crippen LogP contribution is 2.19. The van der Waals surface area contributed by atoms with Crippen LogP contribution < -0.4 is 4.72 Å². The first-order valence-corrected chi connectivity index (χ1v) is 7.00. The molecule has 2 N–H and O–H groups in total. The SMILES string of the molecule is O=C(O)CCCS(=O)(=O)Nc1ccc(Cl)c(F)c1. The van der Waals surface area contributed by atoms with Gasteiger partial charge in [-0.3, -0.25) is 9.52 Å². The fraction of sp³-hybridized carbons (Fsp3) is 0.300. The molecule has 8 heteroatoms. The largest absolute Gasteiger partial charge is 0.481 e. The molecule has 0 aliphatic rings. The molecule has 0 heterocycles. The van der Waals surface area contributed by atoms with Gasteiger partial charge in [0.15, 0.2) is 0 Å². The lowest BCUT2D eigenvalue weighted by Gasteiger charge is -2.07. The zero-order chi connectivity index (χ0) is 13.8. The summed E-state index contributed by atoms with van der Waals surface area (Å²) in [5.41, 5.74) is 0.0484. The van der Waals surface area contributed by atoms with Gasteiger partial charge in [0.25, 0.3) is 0 Å². The second-order valence-corrected chi connectivity index (χ2v) is 5.80. The number of anilines is 1. The van der Waals surface area contributed by atoms with Crippen molar-refractivity contribution in [3.05, 3.63) is 29.0 Å². The molecule has 0 fully saturated rings. The minimum Gasteiger partial charge on any atom is -0.481 e. The molecule has 0 aliphatic heterocycles. The third kappa shape index (κ3) is 4.89. The van der Waals surface area contributed by atoms with Crippen LogP contribution in [0.1, 0.15) is 12.8 Å². The van der Waals surface area contributed by atoms with E-state index in [1.807, 2.05) is 0 Å². The standard InChI is InChI=1S/C10H11ClFNO4S/c11-8-4-3-7(6-9(8)12)13-18(16,17)5-1-2-10(14)15/h3-4,6,13H,1-2,5H2,(H,14,15). The molecule has 100 valence electrons. The monoisotopic (exact) mass is 295 g/mol. The third-order valence-corrected chi connectivity index (χ3v) is 3.68. The van der Waals surface area contributed by atoms with Crippen molar-refractivity contribution in [2.45, 2.75) is 12.8 Å². The first-order valence-electron chi connectivity index (χ1n) is 4.97.